The van der Waals surface area contributed by atoms with Crippen LogP contribution < -0.4 is 4.90 Å². The minimum atomic E-state index is -0.626. The van der Waals surface area contributed by atoms with E-state index >= 15 is 4.39 Å². The lowest BCUT2D eigenvalue weighted by atomic mass is 9.95. The Hall–Kier alpha value is -4.38. The molecule has 0 radical (unpaired) electrons. The molecule has 4 heterocycles. The van der Waals surface area contributed by atoms with Crippen LogP contribution >= 0.6 is 0 Å². The Bertz CT molecular complexity index is 1640. The van der Waals surface area contributed by atoms with Gasteiger partial charge < -0.3 is 9.80 Å². The van der Waals surface area contributed by atoms with Gasteiger partial charge in [-0.2, -0.15) is 0 Å². The number of fused-ring (bicyclic) bond motifs is 3. The van der Waals surface area contributed by atoms with Crippen molar-refractivity contribution >= 4 is 33.4 Å². The third-order valence-corrected chi connectivity index (χ3v) is 7.19. The number of terminal acetylenes is 1. The number of likely N-dealkylation sites (tertiary alicyclic amines) is 1. The van der Waals surface area contributed by atoms with Crippen molar-refractivity contribution in [1.29, 1.82) is 0 Å². The van der Waals surface area contributed by atoms with Crippen LogP contribution in [0, 0.1) is 24.0 Å². The van der Waals surface area contributed by atoms with Crippen LogP contribution in [0.15, 0.2) is 55.0 Å². The second-order valence-corrected chi connectivity index (χ2v) is 9.21. The number of hydrogen-bond donors (Lipinski definition) is 0. The Balaban J connectivity index is 1.43. The van der Waals surface area contributed by atoms with Gasteiger partial charge >= 0.3 is 0 Å². The van der Waals surface area contributed by atoms with Gasteiger partial charge in [-0.05, 0) is 24.8 Å². The summed E-state index contributed by atoms with van der Waals surface area (Å²) < 4.78 is 30.4. The lowest BCUT2D eigenvalue weighted by Gasteiger charge is -2.47. The molecule has 2 aromatic carbocycles. The first-order valence-corrected chi connectivity index (χ1v) is 11.6. The molecular formula is C28H21F2N5O. The third-order valence-electron chi connectivity index (χ3n) is 7.19. The predicted molar refractivity (Wildman–Crippen MR) is 134 cm³/mol. The molecule has 2 fully saturated rings. The number of benzene rings is 2. The Morgan fingerprint density at radius 2 is 2.00 bits per heavy atom. The van der Waals surface area contributed by atoms with Crippen molar-refractivity contribution in [2.75, 3.05) is 18.0 Å². The van der Waals surface area contributed by atoms with Crippen LogP contribution in [0.3, 0.4) is 0 Å². The Morgan fingerprint density at radius 3 is 2.78 bits per heavy atom. The van der Waals surface area contributed by atoms with Gasteiger partial charge in [-0.25, -0.2) is 18.7 Å². The van der Waals surface area contributed by atoms with Crippen molar-refractivity contribution in [2.45, 2.75) is 25.4 Å². The van der Waals surface area contributed by atoms with Gasteiger partial charge in [0.15, 0.2) is 5.82 Å². The van der Waals surface area contributed by atoms with Gasteiger partial charge in [0.05, 0.1) is 23.0 Å². The molecule has 8 heteroatoms. The third kappa shape index (κ3) is 3.09. The van der Waals surface area contributed by atoms with Crippen molar-refractivity contribution in [3.63, 3.8) is 0 Å². The zero-order valence-corrected chi connectivity index (χ0v) is 19.5. The zero-order chi connectivity index (χ0) is 25.1. The maximum absolute atomic E-state index is 15.9. The van der Waals surface area contributed by atoms with Crippen LogP contribution in [0.1, 0.15) is 18.9 Å². The first-order chi connectivity index (χ1) is 17.4. The van der Waals surface area contributed by atoms with Gasteiger partial charge in [-0.3, -0.25) is 9.78 Å². The topological polar surface area (TPSA) is 62.2 Å². The molecular weight excluding hydrogens is 460 g/mol. The van der Waals surface area contributed by atoms with Gasteiger partial charge in [0.25, 0.3) is 0 Å². The van der Waals surface area contributed by atoms with E-state index in [4.69, 9.17) is 6.42 Å². The second kappa shape index (κ2) is 8.09. The van der Waals surface area contributed by atoms with Crippen molar-refractivity contribution in [3.8, 4) is 23.6 Å². The van der Waals surface area contributed by atoms with E-state index in [9.17, 15) is 9.18 Å². The molecule has 36 heavy (non-hydrogen) atoms. The van der Waals surface area contributed by atoms with Crippen LogP contribution in [0.25, 0.3) is 32.9 Å². The summed E-state index contributed by atoms with van der Waals surface area (Å²) in [5.74, 6) is 1.76. The maximum Gasteiger partial charge on any atom is 0.249 e. The van der Waals surface area contributed by atoms with Crippen molar-refractivity contribution < 1.29 is 13.6 Å². The molecule has 2 saturated heterocycles. The van der Waals surface area contributed by atoms with E-state index in [0.29, 0.717) is 46.2 Å². The molecule has 4 aromatic rings. The van der Waals surface area contributed by atoms with Gasteiger partial charge in [0.2, 0.25) is 5.91 Å². The average molecular weight is 482 g/mol. The van der Waals surface area contributed by atoms with Crippen LogP contribution in [-0.4, -0.2) is 50.9 Å². The molecule has 0 bridgehead atoms. The summed E-state index contributed by atoms with van der Waals surface area (Å²) in [6.07, 6.45) is 9.27. The Morgan fingerprint density at radius 1 is 1.17 bits per heavy atom. The highest BCUT2D eigenvalue weighted by molar-refractivity contribution is 6.02. The molecule has 178 valence electrons. The summed E-state index contributed by atoms with van der Waals surface area (Å²) in [5.41, 5.74) is 1.14. The molecule has 2 aliphatic heterocycles. The number of halogens is 2. The Labute approximate surface area is 206 Å². The highest BCUT2D eigenvalue weighted by Crippen LogP contribution is 2.40. The number of carbonyl (C=O) groups is 1. The van der Waals surface area contributed by atoms with Gasteiger partial charge in [0, 0.05) is 35.8 Å². The van der Waals surface area contributed by atoms with E-state index in [2.05, 4.69) is 32.4 Å². The lowest BCUT2D eigenvalue weighted by molar-refractivity contribution is -0.128. The minimum absolute atomic E-state index is 0.0371. The number of pyridine rings is 1. The first-order valence-electron chi connectivity index (χ1n) is 11.6. The van der Waals surface area contributed by atoms with E-state index in [1.54, 1.807) is 37.4 Å². The highest BCUT2D eigenvalue weighted by Gasteiger charge is 2.49. The molecule has 6 nitrogen and oxygen atoms in total. The van der Waals surface area contributed by atoms with E-state index in [-0.39, 0.29) is 34.8 Å². The minimum Gasteiger partial charge on any atom is -0.349 e. The molecule has 0 N–H and O–H groups in total. The molecule has 0 spiro atoms. The van der Waals surface area contributed by atoms with E-state index in [1.807, 2.05) is 4.90 Å². The number of aromatic nitrogens is 3. The van der Waals surface area contributed by atoms with Crippen LogP contribution in [-0.2, 0) is 4.79 Å². The monoisotopic (exact) mass is 481 g/mol. The van der Waals surface area contributed by atoms with E-state index in [1.165, 1.54) is 12.4 Å². The van der Waals surface area contributed by atoms with E-state index < -0.39 is 11.6 Å². The van der Waals surface area contributed by atoms with Gasteiger partial charge in [-0.15, -0.1) is 6.42 Å². The van der Waals surface area contributed by atoms with Gasteiger partial charge in [0.1, 0.15) is 29.2 Å². The zero-order valence-electron chi connectivity index (χ0n) is 19.5. The second-order valence-electron chi connectivity index (χ2n) is 9.21. The first kappa shape index (κ1) is 22.1. The summed E-state index contributed by atoms with van der Waals surface area (Å²) in [4.78, 5) is 29.5. The lowest BCUT2D eigenvalue weighted by Crippen LogP contribution is -2.63. The number of hydrogen-bond acceptors (Lipinski definition) is 5. The SMILES string of the molecule is C#Cc1c(F)ccc2cccc(-c3ncc4c(N5C[C@@H]6[C@H]5CCN6C(=O)C(=C)C)ncnc4c3F)c12. The predicted octanol–water partition coefficient (Wildman–Crippen LogP) is 4.47. The molecule has 2 aromatic heterocycles. The standard InChI is InChI=1S/C28H21F2N5O/c1-4-17-20(29)9-8-16-6-5-7-18(23(16)17)25-24(30)26-19(12-31-25)27(33-14-32-26)35-13-22-21(35)10-11-34(22)28(36)15(2)3/h1,5-9,12,14,21-22H,2,10-11,13H2,3H3/t21-,22-/m1/s1. The summed E-state index contributed by atoms with van der Waals surface area (Å²) in [5, 5.41) is 1.59. The summed E-state index contributed by atoms with van der Waals surface area (Å²) in [6, 6.07) is 8.30. The number of amides is 1. The molecule has 1 amide bonds. The van der Waals surface area contributed by atoms with Crippen molar-refractivity contribution in [2.24, 2.45) is 0 Å². The quantitative estimate of drug-likeness (QED) is 0.319. The van der Waals surface area contributed by atoms with Gasteiger partial charge in [-0.1, -0.05) is 36.8 Å². The molecule has 0 unspecified atom stereocenters. The molecule has 2 aliphatic rings. The molecule has 2 atom stereocenters. The maximum atomic E-state index is 15.9. The summed E-state index contributed by atoms with van der Waals surface area (Å²) in [6.45, 7) is 6.72. The molecule has 0 saturated carbocycles. The molecule has 0 aliphatic carbocycles. The highest BCUT2D eigenvalue weighted by atomic mass is 19.1. The Kier molecular flexibility index (Phi) is 4.97. The number of rotatable bonds is 3. The number of nitrogens with zero attached hydrogens (tertiary/aromatic N) is 5. The fourth-order valence-corrected chi connectivity index (χ4v) is 5.45. The smallest absolute Gasteiger partial charge is 0.249 e. The van der Waals surface area contributed by atoms with Crippen molar-refractivity contribution in [1.82, 2.24) is 19.9 Å². The summed E-state index contributed by atoms with van der Waals surface area (Å²) in [7, 11) is 0. The van der Waals surface area contributed by atoms with Crippen LogP contribution in [0.5, 0.6) is 0 Å². The molecule has 6 rings (SSSR count). The fourth-order valence-electron chi connectivity index (χ4n) is 5.45. The largest absolute Gasteiger partial charge is 0.349 e. The van der Waals surface area contributed by atoms with Crippen LogP contribution in [0.4, 0.5) is 14.6 Å². The average Bonchev–Trinajstić information content (AvgIpc) is 3.19. The van der Waals surface area contributed by atoms with E-state index in [0.717, 1.165) is 6.42 Å². The van der Waals surface area contributed by atoms with Crippen LogP contribution in [0.2, 0.25) is 0 Å². The fraction of sp³-hybridized carbons (Fsp3) is 0.214. The summed E-state index contributed by atoms with van der Waals surface area (Å²) >= 11 is 0. The number of carbonyl (C=O) groups excluding carboxylic acids is 1. The number of anilines is 1. The van der Waals surface area contributed by atoms with Crippen molar-refractivity contribution in [3.05, 3.63) is 72.2 Å². The normalized spacial score (nSPS) is 18.7.